The van der Waals surface area contributed by atoms with Crippen LogP contribution in [-0.4, -0.2) is 4.98 Å². The molecule has 0 saturated heterocycles. The minimum absolute atomic E-state index is 0.0461. The van der Waals surface area contributed by atoms with Gasteiger partial charge in [-0.2, -0.15) is 0 Å². The molecule has 2 aromatic rings. The lowest BCUT2D eigenvalue weighted by Gasteiger charge is -2.20. The molecule has 0 fully saturated rings. The summed E-state index contributed by atoms with van der Waals surface area (Å²) in [5, 5.41) is 3.74. The molecule has 5 heteroatoms. The Bertz CT molecular complexity index is 492. The Labute approximate surface area is 107 Å². The zero-order valence-electron chi connectivity index (χ0n) is 8.32. The highest BCUT2D eigenvalue weighted by atomic mass is 35.5. The number of thiophene rings is 1. The van der Waals surface area contributed by atoms with Gasteiger partial charge in [0.15, 0.2) is 0 Å². The van der Waals surface area contributed by atoms with E-state index in [1.165, 1.54) is 10.8 Å². The number of halogens is 1. The molecule has 2 aromatic heterocycles. The molecule has 0 aliphatic heterocycles. The second-order valence-corrected chi connectivity index (χ2v) is 6.78. The van der Waals surface area contributed by atoms with Crippen molar-refractivity contribution in [3.8, 4) is 0 Å². The second kappa shape index (κ2) is 4.17. The molecule has 0 spiro atoms. The molecule has 0 bridgehead atoms. The lowest BCUT2D eigenvalue weighted by Crippen LogP contribution is -2.09. The third kappa shape index (κ3) is 2.13. The smallest absolute Gasteiger partial charge is 0.124 e. The molecular weight excluding hydrogens is 266 g/mol. The molecule has 0 N–H and O–H groups in total. The van der Waals surface area contributed by atoms with E-state index in [1.807, 2.05) is 11.6 Å². The average Bonchev–Trinajstić information content (AvgIpc) is 2.60. The average molecular weight is 276 g/mol. The van der Waals surface area contributed by atoms with E-state index >= 15 is 0 Å². The van der Waals surface area contributed by atoms with Gasteiger partial charge in [-0.25, -0.2) is 4.98 Å². The van der Waals surface area contributed by atoms with Crippen LogP contribution in [0.1, 0.15) is 19.4 Å². The number of nitrogens with zero attached hydrogens (tertiary/aromatic N) is 1. The van der Waals surface area contributed by atoms with Crippen molar-refractivity contribution in [3.05, 3.63) is 28.2 Å². The van der Waals surface area contributed by atoms with Crippen molar-refractivity contribution in [1.29, 1.82) is 0 Å². The molecule has 80 valence electrons. The number of rotatable bonds is 2. The molecule has 0 aromatic carbocycles. The molecule has 0 saturated carbocycles. The number of aromatic nitrogens is 1. The Hall–Kier alpha value is 0.1000. The maximum absolute atomic E-state index is 6.08. The van der Waals surface area contributed by atoms with Crippen LogP contribution in [0.4, 0.5) is 0 Å². The van der Waals surface area contributed by atoms with Crippen LogP contribution in [-0.2, 0) is 4.75 Å². The summed E-state index contributed by atoms with van der Waals surface area (Å²) in [6.07, 6.45) is 1.90. The fourth-order valence-electron chi connectivity index (χ4n) is 1.27. The Morgan fingerprint density at radius 1 is 1.53 bits per heavy atom. The number of thiol groups is 1. The van der Waals surface area contributed by atoms with Crippen molar-refractivity contribution in [2.75, 3.05) is 0 Å². The van der Waals surface area contributed by atoms with Crippen LogP contribution in [0, 0.1) is 0 Å². The largest absolute Gasteiger partial charge is 0.245 e. The SMILES string of the molecule is CC(C)(SS)c1cnc2scc(Cl)c2c1. The monoisotopic (exact) mass is 275 g/mol. The van der Waals surface area contributed by atoms with Gasteiger partial charge in [-0.15, -0.1) is 23.0 Å². The summed E-state index contributed by atoms with van der Waals surface area (Å²) >= 11 is 11.9. The highest BCUT2D eigenvalue weighted by Gasteiger charge is 2.21. The van der Waals surface area contributed by atoms with E-state index in [2.05, 4.69) is 36.6 Å². The van der Waals surface area contributed by atoms with Crippen LogP contribution in [0.5, 0.6) is 0 Å². The Balaban J connectivity index is 2.59. The molecule has 1 nitrogen and oxygen atoms in total. The van der Waals surface area contributed by atoms with Gasteiger partial charge in [0.1, 0.15) is 4.83 Å². The predicted octanol–water partition coefficient (Wildman–Crippen LogP) is 4.76. The number of fused-ring (bicyclic) bond motifs is 1. The Morgan fingerprint density at radius 3 is 2.93 bits per heavy atom. The van der Waals surface area contributed by atoms with E-state index in [0.29, 0.717) is 0 Å². The van der Waals surface area contributed by atoms with Crippen LogP contribution in [0.25, 0.3) is 10.2 Å². The first-order valence-electron chi connectivity index (χ1n) is 4.40. The van der Waals surface area contributed by atoms with Crippen LogP contribution < -0.4 is 0 Å². The Kier molecular flexibility index (Phi) is 3.22. The van der Waals surface area contributed by atoms with E-state index < -0.39 is 0 Å². The van der Waals surface area contributed by atoms with Crippen molar-refractivity contribution >= 4 is 55.6 Å². The van der Waals surface area contributed by atoms with Gasteiger partial charge in [0.05, 0.1) is 5.02 Å². The summed E-state index contributed by atoms with van der Waals surface area (Å²) in [5.74, 6) is 0. The quantitative estimate of drug-likeness (QED) is 0.627. The van der Waals surface area contributed by atoms with Gasteiger partial charge in [-0.1, -0.05) is 22.4 Å². The highest BCUT2D eigenvalue weighted by Crippen LogP contribution is 2.39. The molecular formula is C10H10ClNS3. The zero-order valence-corrected chi connectivity index (χ0v) is 11.6. The normalized spacial score (nSPS) is 12.3. The topological polar surface area (TPSA) is 12.9 Å². The third-order valence-corrected chi connectivity index (χ3v) is 5.71. The van der Waals surface area contributed by atoms with Gasteiger partial charge in [-0.3, -0.25) is 0 Å². The lowest BCUT2D eigenvalue weighted by molar-refractivity contribution is 0.786. The van der Waals surface area contributed by atoms with Gasteiger partial charge in [0.2, 0.25) is 0 Å². The zero-order chi connectivity index (χ0) is 11.1. The molecule has 0 atom stereocenters. The standard InChI is InChI=1S/C10H10ClNS3/c1-10(2,15-13)6-3-7-8(11)5-14-9(7)12-4-6/h3-5,13H,1-2H3. The summed E-state index contributed by atoms with van der Waals surface area (Å²) in [6, 6.07) is 2.10. The molecule has 0 radical (unpaired) electrons. The van der Waals surface area contributed by atoms with Crippen molar-refractivity contribution < 1.29 is 0 Å². The number of hydrogen-bond acceptors (Lipinski definition) is 4. The van der Waals surface area contributed by atoms with E-state index in [1.54, 1.807) is 11.3 Å². The molecule has 15 heavy (non-hydrogen) atoms. The van der Waals surface area contributed by atoms with E-state index in [4.69, 9.17) is 11.6 Å². The molecule has 0 aliphatic rings. The van der Waals surface area contributed by atoms with Crippen LogP contribution in [0.15, 0.2) is 17.6 Å². The number of hydrogen-bond donors (Lipinski definition) is 1. The molecule has 0 aliphatic carbocycles. The van der Waals surface area contributed by atoms with Gasteiger partial charge < -0.3 is 0 Å². The van der Waals surface area contributed by atoms with Crippen LogP contribution in [0.3, 0.4) is 0 Å². The van der Waals surface area contributed by atoms with E-state index in [0.717, 1.165) is 20.8 Å². The highest BCUT2D eigenvalue weighted by molar-refractivity contribution is 8.68. The summed E-state index contributed by atoms with van der Waals surface area (Å²) in [7, 11) is 1.51. The van der Waals surface area contributed by atoms with Crippen molar-refractivity contribution in [1.82, 2.24) is 4.98 Å². The first-order valence-corrected chi connectivity index (χ1v) is 7.53. The van der Waals surface area contributed by atoms with E-state index in [-0.39, 0.29) is 4.75 Å². The van der Waals surface area contributed by atoms with Crippen molar-refractivity contribution in [3.63, 3.8) is 0 Å². The summed E-state index contributed by atoms with van der Waals surface area (Å²) in [6.45, 7) is 4.24. The molecule has 2 heterocycles. The van der Waals surface area contributed by atoms with Gasteiger partial charge in [-0.05, 0) is 25.5 Å². The van der Waals surface area contributed by atoms with Crippen molar-refractivity contribution in [2.24, 2.45) is 0 Å². The van der Waals surface area contributed by atoms with Crippen molar-refractivity contribution in [2.45, 2.75) is 18.6 Å². The minimum Gasteiger partial charge on any atom is -0.245 e. The lowest BCUT2D eigenvalue weighted by atomic mass is 10.0. The second-order valence-electron chi connectivity index (χ2n) is 3.76. The van der Waals surface area contributed by atoms with Crippen LogP contribution in [0.2, 0.25) is 5.02 Å². The maximum Gasteiger partial charge on any atom is 0.124 e. The summed E-state index contributed by atoms with van der Waals surface area (Å²) in [5.41, 5.74) is 1.15. The molecule has 0 amide bonds. The van der Waals surface area contributed by atoms with Gasteiger partial charge in [0, 0.05) is 21.7 Å². The Morgan fingerprint density at radius 2 is 2.27 bits per heavy atom. The minimum atomic E-state index is -0.0461. The fraction of sp³-hybridized carbons (Fsp3) is 0.300. The maximum atomic E-state index is 6.08. The third-order valence-electron chi connectivity index (χ3n) is 2.31. The first kappa shape index (κ1) is 11.6. The predicted molar refractivity (Wildman–Crippen MR) is 74.2 cm³/mol. The summed E-state index contributed by atoms with van der Waals surface area (Å²) < 4.78 is -0.0461. The number of pyridine rings is 1. The summed E-state index contributed by atoms with van der Waals surface area (Å²) in [4.78, 5) is 5.39. The first-order chi connectivity index (χ1) is 7.04. The fourth-order valence-corrected chi connectivity index (χ4v) is 2.89. The van der Waals surface area contributed by atoms with E-state index in [9.17, 15) is 0 Å². The molecule has 0 unspecified atom stereocenters. The van der Waals surface area contributed by atoms with Crippen LogP contribution >= 0.6 is 45.4 Å². The van der Waals surface area contributed by atoms with Gasteiger partial charge in [0.25, 0.3) is 0 Å². The molecule has 2 rings (SSSR count). The van der Waals surface area contributed by atoms with Gasteiger partial charge >= 0.3 is 0 Å².